The van der Waals surface area contributed by atoms with Crippen LogP contribution in [0.2, 0.25) is 0 Å². The molecule has 0 spiro atoms. The zero-order valence-corrected chi connectivity index (χ0v) is 17.2. The molecule has 0 saturated carbocycles. The first-order valence-electron chi connectivity index (χ1n) is 8.83. The molecule has 2 saturated heterocycles. The summed E-state index contributed by atoms with van der Waals surface area (Å²) in [7, 11) is 0. The predicted octanol–water partition coefficient (Wildman–Crippen LogP) is 3.17. The van der Waals surface area contributed by atoms with E-state index in [1.54, 1.807) is 0 Å². The van der Waals surface area contributed by atoms with E-state index in [1.807, 2.05) is 0 Å². The maximum Gasteiger partial charge on any atom is 0.193 e. The molecule has 1 N–H and O–H groups in total. The van der Waals surface area contributed by atoms with Crippen LogP contribution in [0.5, 0.6) is 0 Å². The van der Waals surface area contributed by atoms with E-state index in [-0.39, 0.29) is 29.4 Å². The van der Waals surface area contributed by atoms with Crippen LogP contribution in [-0.4, -0.2) is 50.3 Å². The van der Waals surface area contributed by atoms with Gasteiger partial charge in [0.05, 0.1) is 19.8 Å². The number of nitrogens with zero attached hydrogens (tertiary/aromatic N) is 2. The topological polar surface area (TPSA) is 36.9 Å². The van der Waals surface area contributed by atoms with Crippen molar-refractivity contribution >= 4 is 29.9 Å². The molecule has 0 aliphatic carbocycles. The number of benzene rings is 1. The van der Waals surface area contributed by atoms with E-state index < -0.39 is 0 Å². The van der Waals surface area contributed by atoms with Crippen molar-refractivity contribution in [2.75, 3.05) is 39.4 Å². The number of hydrogen-bond acceptors (Lipinski definition) is 2. The molecule has 2 aliphatic rings. The molecule has 24 heavy (non-hydrogen) atoms. The van der Waals surface area contributed by atoms with E-state index in [0.29, 0.717) is 0 Å². The van der Waals surface area contributed by atoms with Gasteiger partial charge in [-0.3, -0.25) is 4.99 Å². The van der Waals surface area contributed by atoms with Crippen molar-refractivity contribution in [3.8, 4) is 0 Å². The zero-order chi connectivity index (χ0) is 16.1. The number of rotatable bonds is 5. The molecule has 1 atom stereocenters. The summed E-state index contributed by atoms with van der Waals surface area (Å²) in [5, 5.41) is 3.46. The Morgan fingerprint density at radius 2 is 2.08 bits per heavy atom. The minimum Gasteiger partial charge on any atom is -0.380 e. The van der Waals surface area contributed by atoms with Gasteiger partial charge in [-0.1, -0.05) is 37.3 Å². The highest BCUT2D eigenvalue weighted by atomic mass is 127. The Morgan fingerprint density at radius 3 is 2.71 bits per heavy atom. The highest BCUT2D eigenvalue weighted by Crippen LogP contribution is 2.27. The Balaban J connectivity index is 0.00000208. The molecule has 134 valence electrons. The van der Waals surface area contributed by atoms with Crippen molar-refractivity contribution < 1.29 is 4.74 Å². The molecular weight excluding hydrogens is 413 g/mol. The average molecular weight is 443 g/mol. The number of halogens is 1. The van der Waals surface area contributed by atoms with Crippen molar-refractivity contribution in [3.05, 3.63) is 35.9 Å². The van der Waals surface area contributed by atoms with Gasteiger partial charge in [0.2, 0.25) is 0 Å². The van der Waals surface area contributed by atoms with Crippen molar-refractivity contribution in [1.29, 1.82) is 0 Å². The summed E-state index contributed by atoms with van der Waals surface area (Å²) in [6.07, 6.45) is 2.42. The summed E-state index contributed by atoms with van der Waals surface area (Å²) >= 11 is 0. The summed E-state index contributed by atoms with van der Waals surface area (Å²) in [5.41, 5.74) is 1.68. The minimum absolute atomic E-state index is 0. The molecule has 0 amide bonds. The molecule has 3 rings (SSSR count). The molecule has 1 aromatic carbocycles. The molecule has 0 bridgehead atoms. The van der Waals surface area contributed by atoms with E-state index in [4.69, 9.17) is 9.73 Å². The second-order valence-corrected chi connectivity index (χ2v) is 7.26. The number of ether oxygens (including phenoxy) is 1. The lowest BCUT2D eigenvalue weighted by Crippen LogP contribution is -2.45. The maximum atomic E-state index is 5.34. The molecule has 5 heteroatoms. The number of aliphatic imine (C=N–C) groups is 1. The van der Waals surface area contributed by atoms with Crippen LogP contribution in [0.15, 0.2) is 35.3 Å². The average Bonchev–Trinajstić information content (AvgIpc) is 2.99. The van der Waals surface area contributed by atoms with Crippen molar-refractivity contribution in [1.82, 2.24) is 10.2 Å². The third-order valence-electron chi connectivity index (χ3n) is 4.80. The first-order valence-corrected chi connectivity index (χ1v) is 8.83. The lowest BCUT2D eigenvalue weighted by atomic mass is 9.89. The van der Waals surface area contributed by atoms with E-state index >= 15 is 0 Å². The maximum absolute atomic E-state index is 5.34. The van der Waals surface area contributed by atoms with Gasteiger partial charge in [-0.2, -0.15) is 0 Å². The highest BCUT2D eigenvalue weighted by molar-refractivity contribution is 14.0. The molecule has 0 aromatic heterocycles. The Hall–Kier alpha value is -0.820. The standard InChI is InChI=1S/C19H29N3O.HI/c1-3-20-18(21-13-19(2)14-23-15-19)22-10-9-17(12-22)11-16-7-5-4-6-8-16;/h4-8,17H,3,9-15H2,1-2H3,(H,20,21);1H. The summed E-state index contributed by atoms with van der Waals surface area (Å²) in [5.74, 6) is 1.81. The molecule has 0 radical (unpaired) electrons. The van der Waals surface area contributed by atoms with Gasteiger partial charge in [-0.25, -0.2) is 0 Å². The van der Waals surface area contributed by atoms with E-state index in [9.17, 15) is 0 Å². The molecule has 2 heterocycles. The summed E-state index contributed by atoms with van der Waals surface area (Å²) in [6, 6.07) is 10.8. The normalized spacial score (nSPS) is 22.7. The third-order valence-corrected chi connectivity index (χ3v) is 4.80. The van der Waals surface area contributed by atoms with Gasteiger partial charge in [0.15, 0.2) is 5.96 Å². The minimum atomic E-state index is 0. The second-order valence-electron chi connectivity index (χ2n) is 7.26. The Morgan fingerprint density at radius 1 is 1.33 bits per heavy atom. The molecule has 4 nitrogen and oxygen atoms in total. The first kappa shape index (κ1) is 19.5. The summed E-state index contributed by atoms with van der Waals surface area (Å²) < 4.78 is 5.34. The van der Waals surface area contributed by atoms with E-state index in [2.05, 4.69) is 54.4 Å². The fraction of sp³-hybridized carbons (Fsp3) is 0.632. The number of hydrogen-bond donors (Lipinski definition) is 1. The molecule has 2 aliphatic heterocycles. The zero-order valence-electron chi connectivity index (χ0n) is 14.8. The smallest absolute Gasteiger partial charge is 0.193 e. The fourth-order valence-corrected chi connectivity index (χ4v) is 3.37. The lowest BCUT2D eigenvalue weighted by Gasteiger charge is -2.37. The largest absolute Gasteiger partial charge is 0.380 e. The highest BCUT2D eigenvalue weighted by Gasteiger charge is 2.33. The van der Waals surface area contributed by atoms with Crippen LogP contribution in [-0.2, 0) is 11.2 Å². The van der Waals surface area contributed by atoms with Gasteiger partial charge in [0.25, 0.3) is 0 Å². The lowest BCUT2D eigenvalue weighted by molar-refractivity contribution is -0.0945. The van der Waals surface area contributed by atoms with Gasteiger partial charge in [-0.15, -0.1) is 24.0 Å². The Labute approximate surface area is 163 Å². The number of likely N-dealkylation sites (tertiary alicyclic amines) is 1. The van der Waals surface area contributed by atoms with Crippen LogP contribution in [0, 0.1) is 11.3 Å². The van der Waals surface area contributed by atoms with E-state index in [1.165, 1.54) is 18.4 Å². The van der Waals surface area contributed by atoms with Gasteiger partial charge in [-0.05, 0) is 31.2 Å². The molecular formula is C19H30IN3O. The van der Waals surface area contributed by atoms with Gasteiger partial charge < -0.3 is 15.0 Å². The molecule has 1 unspecified atom stereocenters. The summed E-state index contributed by atoms with van der Waals surface area (Å²) in [6.45, 7) is 10.1. The second kappa shape index (κ2) is 9.04. The van der Waals surface area contributed by atoms with Gasteiger partial charge in [0, 0.05) is 25.0 Å². The van der Waals surface area contributed by atoms with Crippen LogP contribution < -0.4 is 5.32 Å². The first-order chi connectivity index (χ1) is 11.2. The fourth-order valence-electron chi connectivity index (χ4n) is 3.37. The van der Waals surface area contributed by atoms with Crippen LogP contribution >= 0.6 is 24.0 Å². The van der Waals surface area contributed by atoms with Gasteiger partial charge in [0.1, 0.15) is 0 Å². The Bertz CT molecular complexity index is 531. The Kier molecular flexibility index (Phi) is 7.34. The SMILES string of the molecule is CCNC(=NCC1(C)COC1)N1CCC(Cc2ccccc2)C1.I. The van der Waals surface area contributed by atoms with E-state index in [0.717, 1.165) is 51.3 Å². The number of nitrogens with one attached hydrogen (secondary N) is 1. The van der Waals surface area contributed by atoms with Crippen molar-refractivity contribution in [2.45, 2.75) is 26.7 Å². The predicted molar refractivity (Wildman–Crippen MR) is 110 cm³/mol. The van der Waals surface area contributed by atoms with Crippen LogP contribution in [0.1, 0.15) is 25.8 Å². The molecule has 1 aromatic rings. The van der Waals surface area contributed by atoms with Crippen LogP contribution in [0.4, 0.5) is 0 Å². The quantitative estimate of drug-likeness (QED) is 0.432. The van der Waals surface area contributed by atoms with Crippen molar-refractivity contribution in [3.63, 3.8) is 0 Å². The molecule has 2 fully saturated rings. The summed E-state index contributed by atoms with van der Waals surface area (Å²) in [4.78, 5) is 7.31. The number of guanidine groups is 1. The van der Waals surface area contributed by atoms with Crippen LogP contribution in [0.3, 0.4) is 0 Å². The monoisotopic (exact) mass is 443 g/mol. The van der Waals surface area contributed by atoms with Gasteiger partial charge >= 0.3 is 0 Å². The van der Waals surface area contributed by atoms with Crippen LogP contribution in [0.25, 0.3) is 0 Å². The third kappa shape index (κ3) is 5.09. The van der Waals surface area contributed by atoms with Crippen molar-refractivity contribution in [2.24, 2.45) is 16.3 Å².